The molecule has 2 aromatic rings. The Morgan fingerprint density at radius 3 is 2.54 bits per heavy atom. The third-order valence-electron chi connectivity index (χ3n) is 4.15. The maximum absolute atomic E-state index is 11.4. The first kappa shape index (κ1) is 17.7. The van der Waals surface area contributed by atoms with Gasteiger partial charge in [-0.2, -0.15) is 9.97 Å². The van der Waals surface area contributed by atoms with E-state index in [1.54, 1.807) is 24.3 Å². The molecule has 1 aliphatic heterocycles. The van der Waals surface area contributed by atoms with E-state index in [2.05, 4.69) is 15.3 Å². The molecule has 0 unspecified atom stereocenters. The van der Waals surface area contributed by atoms with Crippen molar-refractivity contribution in [2.45, 2.75) is 26.2 Å². The summed E-state index contributed by atoms with van der Waals surface area (Å²) < 4.78 is 5.40. The van der Waals surface area contributed by atoms with Crippen LogP contribution in [0, 0.1) is 10.1 Å². The van der Waals surface area contributed by atoms with Gasteiger partial charge in [-0.25, -0.2) is 0 Å². The second-order valence-corrected chi connectivity index (χ2v) is 5.99. The number of benzene rings is 1. The number of nitro groups is 1. The quantitative estimate of drug-likeness (QED) is 0.597. The Bertz CT molecular complexity index is 775. The topological polar surface area (TPSA) is 119 Å². The molecule has 0 spiro atoms. The molecule has 1 aliphatic rings. The lowest BCUT2D eigenvalue weighted by Crippen LogP contribution is -2.31. The first-order valence-electron chi connectivity index (χ1n) is 8.65. The maximum Gasteiger partial charge on any atom is 0.353 e. The minimum Gasteiger partial charge on any atom is -0.494 e. The highest BCUT2D eigenvalue weighted by atomic mass is 16.6. The van der Waals surface area contributed by atoms with Gasteiger partial charge in [0.1, 0.15) is 5.75 Å². The number of nitrogens with one attached hydrogen (secondary N) is 1. The van der Waals surface area contributed by atoms with E-state index < -0.39 is 4.92 Å². The van der Waals surface area contributed by atoms with E-state index in [1.807, 2.05) is 11.8 Å². The van der Waals surface area contributed by atoms with Crippen molar-refractivity contribution in [3.05, 3.63) is 34.4 Å². The Morgan fingerprint density at radius 1 is 1.23 bits per heavy atom. The van der Waals surface area contributed by atoms with Gasteiger partial charge in [0.15, 0.2) is 0 Å². The lowest BCUT2D eigenvalue weighted by molar-refractivity contribution is -0.383. The van der Waals surface area contributed by atoms with Crippen LogP contribution in [0.1, 0.15) is 26.2 Å². The number of aromatic nitrogens is 2. The van der Waals surface area contributed by atoms with Crippen LogP contribution in [0.2, 0.25) is 0 Å². The molecule has 9 nitrogen and oxygen atoms in total. The predicted octanol–water partition coefficient (Wildman–Crippen LogP) is 3.10. The Labute approximate surface area is 151 Å². The molecule has 138 valence electrons. The van der Waals surface area contributed by atoms with Crippen LogP contribution < -0.4 is 20.7 Å². The molecule has 1 aromatic carbocycles. The largest absolute Gasteiger partial charge is 0.494 e. The molecule has 0 radical (unpaired) electrons. The molecule has 0 saturated carbocycles. The molecule has 3 N–H and O–H groups in total. The fourth-order valence-electron chi connectivity index (χ4n) is 2.90. The van der Waals surface area contributed by atoms with Gasteiger partial charge in [0.05, 0.1) is 11.5 Å². The summed E-state index contributed by atoms with van der Waals surface area (Å²) in [6.07, 6.45) is 3.25. The lowest BCUT2D eigenvalue weighted by Gasteiger charge is -2.27. The highest BCUT2D eigenvalue weighted by Crippen LogP contribution is 2.33. The van der Waals surface area contributed by atoms with Crippen LogP contribution in [0.25, 0.3) is 0 Å². The molecule has 0 aliphatic carbocycles. The fourth-order valence-corrected chi connectivity index (χ4v) is 2.90. The molecule has 9 heteroatoms. The molecule has 0 amide bonds. The molecular weight excluding hydrogens is 336 g/mol. The zero-order chi connectivity index (χ0) is 18.5. The number of anilines is 4. The molecule has 1 aromatic heterocycles. The van der Waals surface area contributed by atoms with Crippen molar-refractivity contribution in [1.29, 1.82) is 0 Å². The minimum absolute atomic E-state index is 0.0900. The van der Waals surface area contributed by atoms with Crippen LogP contribution in [0.3, 0.4) is 0 Å². The Hall–Kier alpha value is -3.10. The fraction of sp³-hybridized carbons (Fsp3) is 0.412. The monoisotopic (exact) mass is 358 g/mol. The maximum atomic E-state index is 11.4. The van der Waals surface area contributed by atoms with Crippen molar-refractivity contribution >= 4 is 29.0 Å². The van der Waals surface area contributed by atoms with Crippen LogP contribution >= 0.6 is 0 Å². The van der Waals surface area contributed by atoms with Gasteiger partial charge in [0.25, 0.3) is 0 Å². The number of hydrogen-bond donors (Lipinski definition) is 2. The number of ether oxygens (including phenoxy) is 1. The summed E-state index contributed by atoms with van der Waals surface area (Å²) in [5.41, 5.74) is 6.20. The zero-order valence-electron chi connectivity index (χ0n) is 14.6. The number of nitrogens with two attached hydrogens (primary N) is 1. The van der Waals surface area contributed by atoms with Gasteiger partial charge in [0, 0.05) is 18.8 Å². The second-order valence-electron chi connectivity index (χ2n) is 5.99. The van der Waals surface area contributed by atoms with Gasteiger partial charge >= 0.3 is 5.69 Å². The number of nitrogens with zero attached hydrogens (tertiary/aromatic N) is 4. The molecular formula is C17H22N6O3. The minimum atomic E-state index is -0.563. The van der Waals surface area contributed by atoms with Crippen LogP contribution in [-0.2, 0) is 0 Å². The van der Waals surface area contributed by atoms with E-state index in [0.717, 1.165) is 38.1 Å². The average Bonchev–Trinajstić information content (AvgIpc) is 2.63. The predicted molar refractivity (Wildman–Crippen MR) is 100 cm³/mol. The number of nitrogen functional groups attached to an aromatic ring is 1. The van der Waals surface area contributed by atoms with Crippen LogP contribution in [0.15, 0.2) is 24.3 Å². The van der Waals surface area contributed by atoms with Crippen molar-refractivity contribution in [2.75, 3.05) is 35.6 Å². The first-order valence-corrected chi connectivity index (χ1v) is 8.65. The highest BCUT2D eigenvalue weighted by molar-refractivity contribution is 5.74. The van der Waals surface area contributed by atoms with Crippen LogP contribution in [0.5, 0.6) is 5.75 Å². The molecule has 0 bridgehead atoms. The summed E-state index contributed by atoms with van der Waals surface area (Å²) in [6.45, 7) is 4.11. The lowest BCUT2D eigenvalue weighted by atomic mass is 10.1. The Morgan fingerprint density at radius 2 is 1.92 bits per heavy atom. The standard InChI is InChI=1S/C17H22N6O3/c1-2-26-13-8-6-12(7-9-13)19-16-14(23(24)25)15(18)20-17(21-16)22-10-4-3-5-11-22/h6-9H,2-5,10-11H2,1H3,(H3,18,19,20,21). The number of rotatable bonds is 6. The van der Waals surface area contributed by atoms with Gasteiger partial charge in [-0.15, -0.1) is 0 Å². The van der Waals surface area contributed by atoms with Crippen molar-refractivity contribution in [3.63, 3.8) is 0 Å². The van der Waals surface area contributed by atoms with Gasteiger partial charge in [0.2, 0.25) is 17.6 Å². The molecule has 1 saturated heterocycles. The molecule has 1 fully saturated rings. The van der Waals surface area contributed by atoms with Crippen molar-refractivity contribution < 1.29 is 9.66 Å². The number of piperidine rings is 1. The average molecular weight is 358 g/mol. The number of hydrogen-bond acceptors (Lipinski definition) is 8. The second kappa shape index (κ2) is 7.85. The smallest absolute Gasteiger partial charge is 0.353 e. The van der Waals surface area contributed by atoms with Gasteiger partial charge in [-0.05, 0) is 50.5 Å². The molecule has 2 heterocycles. The van der Waals surface area contributed by atoms with E-state index in [4.69, 9.17) is 10.5 Å². The van der Waals surface area contributed by atoms with Crippen molar-refractivity contribution in [1.82, 2.24) is 9.97 Å². The van der Waals surface area contributed by atoms with Crippen molar-refractivity contribution in [2.24, 2.45) is 0 Å². The third-order valence-corrected chi connectivity index (χ3v) is 4.15. The van der Waals surface area contributed by atoms with Gasteiger partial charge in [-0.1, -0.05) is 0 Å². The van der Waals surface area contributed by atoms with Crippen LogP contribution in [0.4, 0.5) is 29.0 Å². The van der Waals surface area contributed by atoms with E-state index in [1.165, 1.54) is 0 Å². The highest BCUT2D eigenvalue weighted by Gasteiger charge is 2.25. The summed E-state index contributed by atoms with van der Waals surface area (Å²) in [6, 6.07) is 7.11. The van der Waals surface area contributed by atoms with Crippen molar-refractivity contribution in [3.8, 4) is 5.75 Å². The molecule has 26 heavy (non-hydrogen) atoms. The van der Waals surface area contributed by atoms with Gasteiger partial charge < -0.3 is 20.7 Å². The summed E-state index contributed by atoms with van der Waals surface area (Å²) in [4.78, 5) is 21.4. The van der Waals surface area contributed by atoms with E-state index in [9.17, 15) is 10.1 Å². The van der Waals surface area contributed by atoms with E-state index in [0.29, 0.717) is 18.2 Å². The Kier molecular flexibility index (Phi) is 5.35. The first-order chi connectivity index (χ1) is 12.6. The van der Waals surface area contributed by atoms with E-state index >= 15 is 0 Å². The zero-order valence-corrected chi connectivity index (χ0v) is 14.6. The summed E-state index contributed by atoms with van der Waals surface area (Å²) >= 11 is 0. The molecule has 3 rings (SSSR count). The summed E-state index contributed by atoms with van der Waals surface area (Å²) in [7, 11) is 0. The van der Waals surface area contributed by atoms with Crippen LogP contribution in [-0.4, -0.2) is 34.6 Å². The Balaban J connectivity index is 1.92. The normalized spacial score (nSPS) is 14.1. The van der Waals surface area contributed by atoms with E-state index in [-0.39, 0.29) is 17.3 Å². The third kappa shape index (κ3) is 3.93. The summed E-state index contributed by atoms with van der Waals surface area (Å²) in [5, 5.41) is 14.4. The SMILES string of the molecule is CCOc1ccc(Nc2nc(N3CCCCC3)nc(N)c2[N+](=O)[O-])cc1. The summed E-state index contributed by atoms with van der Waals surface area (Å²) in [5.74, 6) is 1.09. The molecule has 0 atom stereocenters. The van der Waals surface area contributed by atoms with Gasteiger partial charge in [-0.3, -0.25) is 10.1 Å².